The van der Waals surface area contributed by atoms with Crippen LogP contribution in [0.25, 0.3) is 0 Å². The third-order valence-electron chi connectivity index (χ3n) is 2.42. The molecule has 0 aliphatic carbocycles. The molecule has 0 N–H and O–H groups in total. The van der Waals surface area contributed by atoms with Gasteiger partial charge < -0.3 is 0 Å². The normalized spacial score (nSPS) is 10.7. The first-order valence-corrected chi connectivity index (χ1v) is 5.80. The predicted octanol–water partition coefficient (Wildman–Crippen LogP) is 2.28. The Balaban J connectivity index is 2.27. The molecule has 0 spiro atoms. The topological polar surface area (TPSA) is 47.8 Å². The molecule has 0 atom stereocenters. The molecule has 0 aliphatic rings. The molecule has 18 heavy (non-hydrogen) atoms. The van der Waals surface area contributed by atoms with E-state index in [0.29, 0.717) is 4.60 Å². The molecule has 0 radical (unpaired) electrons. The summed E-state index contributed by atoms with van der Waals surface area (Å²) in [5.41, 5.74) is 0.383. The molecule has 0 saturated heterocycles. The van der Waals surface area contributed by atoms with Gasteiger partial charge in [-0.2, -0.15) is 0 Å². The lowest BCUT2D eigenvalue weighted by Gasteiger charge is -2.03. The molecule has 4 nitrogen and oxygen atoms in total. The lowest BCUT2D eigenvalue weighted by molar-refractivity contribution is 0.0982. The van der Waals surface area contributed by atoms with E-state index in [1.54, 1.807) is 7.05 Å². The molecule has 1 aromatic carbocycles. The SMILES string of the molecule is Cn1nnc(Br)c1C(=O)Cc1ccc(F)cc1F. The molecule has 0 bridgehead atoms. The molecule has 0 saturated carbocycles. The van der Waals surface area contributed by atoms with Crippen LogP contribution in [0.3, 0.4) is 0 Å². The molecule has 1 aromatic heterocycles. The maximum Gasteiger partial charge on any atom is 0.188 e. The van der Waals surface area contributed by atoms with Gasteiger partial charge in [0, 0.05) is 19.5 Å². The number of aromatic nitrogens is 3. The number of hydrogen-bond donors (Lipinski definition) is 0. The van der Waals surface area contributed by atoms with Crippen molar-refractivity contribution in [3.05, 3.63) is 45.7 Å². The van der Waals surface area contributed by atoms with Gasteiger partial charge in [0.2, 0.25) is 0 Å². The van der Waals surface area contributed by atoms with Crippen LogP contribution < -0.4 is 0 Å². The number of carbonyl (C=O) groups is 1. The summed E-state index contributed by atoms with van der Waals surface area (Å²) in [6.07, 6.45) is -0.175. The van der Waals surface area contributed by atoms with Crippen LogP contribution in [-0.4, -0.2) is 20.8 Å². The summed E-state index contributed by atoms with van der Waals surface area (Å²) in [4.78, 5) is 12.0. The zero-order valence-electron chi connectivity index (χ0n) is 9.32. The van der Waals surface area contributed by atoms with Gasteiger partial charge >= 0.3 is 0 Å². The lowest BCUT2D eigenvalue weighted by Crippen LogP contribution is -2.11. The highest BCUT2D eigenvalue weighted by atomic mass is 79.9. The first-order chi connectivity index (χ1) is 8.49. The third-order valence-corrected chi connectivity index (χ3v) is 2.95. The van der Waals surface area contributed by atoms with Gasteiger partial charge in [0.05, 0.1) is 0 Å². The lowest BCUT2D eigenvalue weighted by atomic mass is 10.1. The van der Waals surface area contributed by atoms with Gasteiger partial charge in [-0.25, -0.2) is 13.5 Å². The van der Waals surface area contributed by atoms with E-state index in [1.165, 1.54) is 10.7 Å². The molecule has 0 unspecified atom stereocenters. The van der Waals surface area contributed by atoms with Crippen LogP contribution in [0.4, 0.5) is 8.78 Å². The number of aryl methyl sites for hydroxylation is 1. The second-order valence-electron chi connectivity index (χ2n) is 3.69. The van der Waals surface area contributed by atoms with Gasteiger partial charge in [-0.3, -0.25) is 4.79 Å². The number of Topliss-reactive ketones (excluding diaryl/α,β-unsaturated/α-hetero) is 1. The fourth-order valence-electron chi connectivity index (χ4n) is 1.55. The van der Waals surface area contributed by atoms with E-state index < -0.39 is 11.6 Å². The highest BCUT2D eigenvalue weighted by Gasteiger charge is 2.18. The molecular formula is C11H8BrF2N3O. The predicted molar refractivity (Wildman–Crippen MR) is 63.1 cm³/mol. The van der Waals surface area contributed by atoms with Crippen molar-refractivity contribution in [2.45, 2.75) is 6.42 Å². The van der Waals surface area contributed by atoms with Gasteiger partial charge in [-0.05, 0) is 27.6 Å². The standard InChI is InChI=1S/C11H8BrF2N3O/c1-17-10(11(12)15-16-17)9(18)4-6-2-3-7(13)5-8(6)14/h2-3,5H,4H2,1H3. The summed E-state index contributed by atoms with van der Waals surface area (Å²) in [7, 11) is 1.56. The Bertz CT molecular complexity index is 593. The van der Waals surface area contributed by atoms with Gasteiger partial charge in [0.25, 0.3) is 0 Å². The quantitative estimate of drug-likeness (QED) is 0.816. The molecule has 7 heteroatoms. The maximum atomic E-state index is 13.4. The minimum atomic E-state index is -0.741. The minimum absolute atomic E-state index is 0.134. The summed E-state index contributed by atoms with van der Waals surface area (Å²) in [6.45, 7) is 0. The summed E-state index contributed by atoms with van der Waals surface area (Å²) >= 11 is 3.09. The molecule has 0 fully saturated rings. The van der Waals surface area contributed by atoms with Crippen LogP contribution in [0, 0.1) is 11.6 Å². The number of halogens is 3. The Morgan fingerprint density at radius 1 is 1.44 bits per heavy atom. The summed E-state index contributed by atoms with van der Waals surface area (Å²) in [5, 5.41) is 7.33. The highest BCUT2D eigenvalue weighted by molar-refractivity contribution is 9.10. The van der Waals surface area contributed by atoms with E-state index in [1.807, 2.05) is 0 Å². The van der Waals surface area contributed by atoms with Crippen molar-refractivity contribution in [3.63, 3.8) is 0 Å². The fourth-order valence-corrected chi connectivity index (χ4v) is 2.10. The van der Waals surface area contributed by atoms with Gasteiger partial charge in [0.1, 0.15) is 17.3 Å². The van der Waals surface area contributed by atoms with Crippen LogP contribution >= 0.6 is 15.9 Å². The first kappa shape index (κ1) is 12.8. The first-order valence-electron chi connectivity index (χ1n) is 5.01. The van der Waals surface area contributed by atoms with Crippen molar-refractivity contribution in [3.8, 4) is 0 Å². The van der Waals surface area contributed by atoms with E-state index in [0.717, 1.165) is 12.1 Å². The second-order valence-corrected chi connectivity index (χ2v) is 4.44. The molecule has 94 valence electrons. The smallest absolute Gasteiger partial charge is 0.188 e. The van der Waals surface area contributed by atoms with E-state index in [9.17, 15) is 13.6 Å². The van der Waals surface area contributed by atoms with E-state index >= 15 is 0 Å². The molecular weight excluding hydrogens is 308 g/mol. The van der Waals surface area contributed by atoms with Crippen molar-refractivity contribution in [2.24, 2.45) is 7.05 Å². The number of nitrogens with zero attached hydrogens (tertiary/aromatic N) is 3. The Kier molecular flexibility index (Phi) is 3.51. The van der Waals surface area contributed by atoms with Crippen LogP contribution in [0.2, 0.25) is 0 Å². The Hall–Kier alpha value is -1.63. The van der Waals surface area contributed by atoms with Crippen LogP contribution in [-0.2, 0) is 13.5 Å². The minimum Gasteiger partial charge on any atom is -0.292 e. The van der Waals surface area contributed by atoms with E-state index in [2.05, 4.69) is 26.2 Å². The number of carbonyl (C=O) groups excluding carboxylic acids is 1. The molecule has 0 aliphatic heterocycles. The monoisotopic (exact) mass is 315 g/mol. The molecule has 0 amide bonds. The average Bonchev–Trinajstić information content (AvgIpc) is 2.62. The molecule has 2 rings (SSSR count). The van der Waals surface area contributed by atoms with Crippen molar-refractivity contribution in [2.75, 3.05) is 0 Å². The fraction of sp³-hybridized carbons (Fsp3) is 0.182. The number of ketones is 1. The van der Waals surface area contributed by atoms with Crippen LogP contribution in [0.1, 0.15) is 16.1 Å². The number of benzene rings is 1. The van der Waals surface area contributed by atoms with Crippen LogP contribution in [0.5, 0.6) is 0 Å². The van der Waals surface area contributed by atoms with Crippen molar-refractivity contribution in [1.82, 2.24) is 15.0 Å². The highest BCUT2D eigenvalue weighted by Crippen LogP contribution is 2.17. The largest absolute Gasteiger partial charge is 0.292 e. The third kappa shape index (κ3) is 2.45. The number of rotatable bonds is 3. The Morgan fingerprint density at radius 3 is 2.72 bits per heavy atom. The zero-order chi connectivity index (χ0) is 13.3. The van der Waals surface area contributed by atoms with E-state index in [-0.39, 0.29) is 23.5 Å². The molecule has 2 aromatic rings. The summed E-state index contributed by atoms with van der Waals surface area (Å²) in [5.74, 6) is -1.76. The second kappa shape index (κ2) is 4.93. The van der Waals surface area contributed by atoms with Crippen molar-refractivity contribution < 1.29 is 13.6 Å². The Morgan fingerprint density at radius 2 is 2.17 bits per heavy atom. The molecule has 1 heterocycles. The Labute approximate surface area is 110 Å². The van der Waals surface area contributed by atoms with Gasteiger partial charge in [-0.1, -0.05) is 11.3 Å². The summed E-state index contributed by atoms with van der Waals surface area (Å²) < 4.78 is 27.7. The maximum absolute atomic E-state index is 13.4. The van der Waals surface area contributed by atoms with E-state index in [4.69, 9.17) is 0 Å². The van der Waals surface area contributed by atoms with Crippen molar-refractivity contribution in [1.29, 1.82) is 0 Å². The summed E-state index contributed by atoms with van der Waals surface area (Å²) in [6, 6.07) is 3.11. The zero-order valence-corrected chi connectivity index (χ0v) is 10.9. The van der Waals surface area contributed by atoms with Gasteiger partial charge in [0.15, 0.2) is 10.4 Å². The average molecular weight is 316 g/mol. The van der Waals surface area contributed by atoms with Crippen molar-refractivity contribution >= 4 is 21.7 Å². The van der Waals surface area contributed by atoms with Crippen LogP contribution in [0.15, 0.2) is 22.8 Å². The number of hydrogen-bond acceptors (Lipinski definition) is 3. The van der Waals surface area contributed by atoms with Gasteiger partial charge in [-0.15, -0.1) is 5.10 Å².